The lowest BCUT2D eigenvalue weighted by Gasteiger charge is -2.16. The van der Waals surface area contributed by atoms with E-state index in [-0.39, 0.29) is 17.9 Å². The van der Waals surface area contributed by atoms with Gasteiger partial charge < -0.3 is 19.9 Å². The molecule has 0 bridgehead atoms. The minimum absolute atomic E-state index is 0.146. The van der Waals surface area contributed by atoms with Gasteiger partial charge in [-0.3, -0.25) is 14.6 Å². The molecule has 0 saturated heterocycles. The number of nitrogens with one attached hydrogen (secondary N) is 2. The van der Waals surface area contributed by atoms with Crippen LogP contribution in [-0.4, -0.2) is 39.5 Å². The Morgan fingerprint density at radius 3 is 2.63 bits per heavy atom. The van der Waals surface area contributed by atoms with Gasteiger partial charge in [0.05, 0.1) is 23.7 Å². The number of amides is 2. The normalized spacial score (nSPS) is 11.8. The fraction of sp³-hybridized carbons (Fsp3) is 0.259. The van der Waals surface area contributed by atoms with Crippen molar-refractivity contribution in [3.63, 3.8) is 0 Å². The smallest absolute Gasteiger partial charge is 0.253 e. The molecule has 2 N–H and O–H groups in total. The van der Waals surface area contributed by atoms with Gasteiger partial charge in [-0.25, -0.2) is 4.98 Å². The zero-order valence-electron chi connectivity index (χ0n) is 20.3. The molecule has 8 heteroatoms. The highest BCUT2D eigenvalue weighted by atomic mass is 16.5. The number of aromatic nitrogens is 3. The number of hydrogen-bond donors (Lipinski definition) is 2. The molecule has 0 aliphatic heterocycles. The first-order valence-corrected chi connectivity index (χ1v) is 11.6. The third kappa shape index (κ3) is 5.32. The number of benzene rings is 2. The first-order valence-electron chi connectivity index (χ1n) is 11.6. The maximum atomic E-state index is 13.5. The summed E-state index contributed by atoms with van der Waals surface area (Å²) in [5, 5.41) is 5.88. The van der Waals surface area contributed by atoms with E-state index in [2.05, 4.69) is 15.6 Å². The summed E-state index contributed by atoms with van der Waals surface area (Å²) in [6.07, 6.45) is 2.34. The Hall–Kier alpha value is -4.20. The molecule has 2 amide bonds. The van der Waals surface area contributed by atoms with Crippen LogP contribution in [-0.2, 0) is 17.8 Å². The van der Waals surface area contributed by atoms with E-state index in [9.17, 15) is 9.59 Å². The van der Waals surface area contributed by atoms with E-state index in [1.165, 1.54) is 6.92 Å². The van der Waals surface area contributed by atoms with Crippen LogP contribution in [0.5, 0.6) is 5.75 Å². The average molecular weight is 472 g/mol. The summed E-state index contributed by atoms with van der Waals surface area (Å²) in [7, 11) is 1.62. The highest BCUT2D eigenvalue weighted by molar-refractivity contribution is 6.08. The van der Waals surface area contributed by atoms with E-state index in [0.29, 0.717) is 35.2 Å². The summed E-state index contributed by atoms with van der Waals surface area (Å²) in [5.74, 6) is 0.981. The quantitative estimate of drug-likeness (QED) is 0.396. The molecule has 8 nitrogen and oxygen atoms in total. The standard InChI is InChI=1S/C27H29N5O3/c1-5-32-25-23(27(34)29-17(2)13-20-10-6-7-12-28-20)15-21(30-18(3)33)16-24(25)31-26(32)19-9-8-11-22(14-19)35-4/h6-12,14-17H,5,13H2,1-4H3,(H,29,34)(H,30,33)/t17-/m0/s1. The van der Waals surface area contributed by atoms with Gasteiger partial charge in [-0.05, 0) is 50.2 Å². The highest BCUT2D eigenvalue weighted by Gasteiger charge is 2.22. The van der Waals surface area contributed by atoms with Gasteiger partial charge in [0.25, 0.3) is 5.91 Å². The maximum absolute atomic E-state index is 13.5. The second kappa shape index (κ2) is 10.4. The lowest BCUT2D eigenvalue weighted by atomic mass is 10.1. The zero-order chi connectivity index (χ0) is 24.9. The van der Waals surface area contributed by atoms with Crippen LogP contribution in [0.3, 0.4) is 0 Å². The van der Waals surface area contributed by atoms with Crippen LogP contribution in [0.1, 0.15) is 36.8 Å². The molecule has 1 atom stereocenters. The molecule has 180 valence electrons. The predicted molar refractivity (Wildman–Crippen MR) is 137 cm³/mol. The van der Waals surface area contributed by atoms with Crippen LogP contribution in [0.25, 0.3) is 22.4 Å². The van der Waals surface area contributed by atoms with Crippen molar-refractivity contribution >= 4 is 28.5 Å². The van der Waals surface area contributed by atoms with Crippen molar-refractivity contribution in [2.45, 2.75) is 39.8 Å². The first kappa shape index (κ1) is 23.9. The lowest BCUT2D eigenvalue weighted by molar-refractivity contribution is -0.114. The maximum Gasteiger partial charge on any atom is 0.253 e. The number of imidazole rings is 1. The molecular weight excluding hydrogens is 442 g/mol. The monoisotopic (exact) mass is 471 g/mol. The summed E-state index contributed by atoms with van der Waals surface area (Å²) in [4.78, 5) is 34.5. The van der Waals surface area contributed by atoms with E-state index in [1.807, 2.05) is 60.9 Å². The molecule has 35 heavy (non-hydrogen) atoms. The first-order chi connectivity index (χ1) is 16.9. The van der Waals surface area contributed by atoms with Gasteiger partial charge in [0.1, 0.15) is 11.6 Å². The number of rotatable bonds is 8. The van der Waals surface area contributed by atoms with Crippen LogP contribution in [0.2, 0.25) is 0 Å². The Morgan fingerprint density at radius 1 is 1.11 bits per heavy atom. The Morgan fingerprint density at radius 2 is 1.94 bits per heavy atom. The molecule has 0 aliphatic rings. The average Bonchev–Trinajstić information content (AvgIpc) is 3.22. The van der Waals surface area contributed by atoms with Crippen molar-refractivity contribution in [3.8, 4) is 17.1 Å². The summed E-state index contributed by atoms with van der Waals surface area (Å²) >= 11 is 0. The number of pyridine rings is 1. The molecule has 2 heterocycles. The topological polar surface area (TPSA) is 98.1 Å². The summed E-state index contributed by atoms with van der Waals surface area (Å²) in [6, 6.07) is 16.7. The molecule has 0 saturated carbocycles. The van der Waals surface area contributed by atoms with Gasteiger partial charge in [-0.2, -0.15) is 0 Å². The zero-order valence-corrected chi connectivity index (χ0v) is 20.3. The van der Waals surface area contributed by atoms with E-state index >= 15 is 0 Å². The molecule has 0 spiro atoms. The molecule has 0 unspecified atom stereocenters. The van der Waals surface area contributed by atoms with Crippen molar-refractivity contribution in [2.75, 3.05) is 12.4 Å². The third-order valence-electron chi connectivity index (χ3n) is 5.67. The molecule has 0 aliphatic carbocycles. The molecular formula is C27H29N5O3. The van der Waals surface area contributed by atoms with Gasteiger partial charge in [0.2, 0.25) is 5.91 Å². The van der Waals surface area contributed by atoms with Gasteiger partial charge in [-0.15, -0.1) is 0 Å². The van der Waals surface area contributed by atoms with Gasteiger partial charge in [-0.1, -0.05) is 18.2 Å². The fourth-order valence-electron chi connectivity index (χ4n) is 4.19. The number of aryl methyl sites for hydroxylation is 1. The highest BCUT2D eigenvalue weighted by Crippen LogP contribution is 2.31. The Balaban J connectivity index is 1.78. The largest absolute Gasteiger partial charge is 0.497 e. The SMILES string of the molecule is CCn1c(-c2cccc(OC)c2)nc2cc(NC(C)=O)cc(C(=O)N[C@@H](C)Cc3ccccn3)c21. The Bertz CT molecular complexity index is 1360. The number of hydrogen-bond acceptors (Lipinski definition) is 5. The summed E-state index contributed by atoms with van der Waals surface area (Å²) in [5.41, 5.74) is 4.07. The van der Waals surface area contributed by atoms with Crippen molar-refractivity contribution in [1.82, 2.24) is 19.9 Å². The fourth-order valence-corrected chi connectivity index (χ4v) is 4.19. The molecule has 2 aromatic heterocycles. The van der Waals surface area contributed by atoms with E-state index in [4.69, 9.17) is 9.72 Å². The molecule has 4 rings (SSSR count). The number of anilines is 1. The van der Waals surface area contributed by atoms with Crippen LogP contribution in [0.15, 0.2) is 60.8 Å². The molecule has 4 aromatic rings. The number of fused-ring (bicyclic) bond motifs is 1. The number of nitrogens with zero attached hydrogens (tertiary/aromatic N) is 3. The summed E-state index contributed by atoms with van der Waals surface area (Å²) in [6.45, 7) is 6.00. The lowest BCUT2D eigenvalue weighted by Crippen LogP contribution is -2.34. The van der Waals surface area contributed by atoms with Crippen LogP contribution < -0.4 is 15.4 Å². The molecule has 2 aromatic carbocycles. The minimum atomic E-state index is -0.238. The van der Waals surface area contributed by atoms with Crippen molar-refractivity contribution in [1.29, 1.82) is 0 Å². The predicted octanol–water partition coefficient (Wildman–Crippen LogP) is 4.45. The van der Waals surface area contributed by atoms with Gasteiger partial charge in [0, 0.05) is 49.1 Å². The van der Waals surface area contributed by atoms with E-state index in [1.54, 1.807) is 25.4 Å². The number of methoxy groups -OCH3 is 1. The Labute approximate surface area is 204 Å². The van der Waals surface area contributed by atoms with E-state index < -0.39 is 0 Å². The van der Waals surface area contributed by atoms with Gasteiger partial charge >= 0.3 is 0 Å². The van der Waals surface area contributed by atoms with E-state index in [0.717, 1.165) is 22.8 Å². The van der Waals surface area contributed by atoms with Crippen molar-refractivity contribution < 1.29 is 14.3 Å². The van der Waals surface area contributed by atoms with Gasteiger partial charge in [0.15, 0.2) is 0 Å². The van der Waals surface area contributed by atoms with Crippen LogP contribution in [0.4, 0.5) is 5.69 Å². The molecule has 0 fully saturated rings. The number of carbonyl (C=O) groups is 2. The second-order valence-electron chi connectivity index (χ2n) is 8.38. The third-order valence-corrected chi connectivity index (χ3v) is 5.67. The van der Waals surface area contributed by atoms with Crippen LogP contribution in [0, 0.1) is 0 Å². The van der Waals surface area contributed by atoms with Crippen LogP contribution >= 0.6 is 0 Å². The number of ether oxygens (including phenoxy) is 1. The Kier molecular flexibility index (Phi) is 7.10. The van der Waals surface area contributed by atoms with Crippen molar-refractivity contribution in [2.24, 2.45) is 0 Å². The minimum Gasteiger partial charge on any atom is -0.497 e. The number of carbonyl (C=O) groups excluding carboxylic acids is 2. The molecule has 0 radical (unpaired) electrons. The van der Waals surface area contributed by atoms with Crippen molar-refractivity contribution in [3.05, 3.63) is 72.1 Å². The second-order valence-corrected chi connectivity index (χ2v) is 8.38. The summed E-state index contributed by atoms with van der Waals surface area (Å²) < 4.78 is 7.40.